The molecule has 0 aliphatic carbocycles. The minimum absolute atomic E-state index is 0.0825. The van der Waals surface area contributed by atoms with Crippen LogP contribution in [0.1, 0.15) is 26.3 Å². The van der Waals surface area contributed by atoms with E-state index in [2.05, 4.69) is 15.9 Å². The van der Waals surface area contributed by atoms with Crippen LogP contribution in [0.4, 0.5) is 0 Å². The van der Waals surface area contributed by atoms with E-state index in [1.807, 2.05) is 30.3 Å². The predicted molar refractivity (Wildman–Crippen MR) is 106 cm³/mol. The van der Waals surface area contributed by atoms with Gasteiger partial charge in [0.1, 0.15) is 19.0 Å². The Bertz CT molecular complexity index is 938. The lowest BCUT2D eigenvalue weighted by molar-refractivity contribution is 0.0448. The molecule has 0 radical (unpaired) electrons. The normalized spacial score (nSPS) is 10.3. The van der Waals surface area contributed by atoms with Crippen LogP contribution in [0.5, 0.6) is 5.75 Å². The van der Waals surface area contributed by atoms with Crippen LogP contribution in [0.3, 0.4) is 0 Å². The fraction of sp³-hybridized carbons (Fsp3) is 0.0909. The van der Waals surface area contributed by atoms with E-state index in [4.69, 9.17) is 9.47 Å². The van der Waals surface area contributed by atoms with Crippen LogP contribution in [0, 0.1) is 0 Å². The summed E-state index contributed by atoms with van der Waals surface area (Å²) < 4.78 is 11.7. The molecular formula is C22H17BrO4. The Hall–Kier alpha value is -2.92. The number of esters is 1. The van der Waals surface area contributed by atoms with Crippen molar-refractivity contribution in [3.05, 3.63) is 100 Å². The van der Waals surface area contributed by atoms with E-state index in [1.165, 1.54) is 0 Å². The summed E-state index contributed by atoms with van der Waals surface area (Å²) in [6.45, 7) is 0.302. The molecule has 0 saturated carbocycles. The molecule has 3 aromatic carbocycles. The van der Waals surface area contributed by atoms with Crippen molar-refractivity contribution < 1.29 is 19.1 Å². The molecule has 0 unspecified atom stereocenters. The first-order chi connectivity index (χ1) is 13.1. The first kappa shape index (κ1) is 18.9. The number of rotatable bonds is 7. The van der Waals surface area contributed by atoms with Gasteiger partial charge >= 0.3 is 5.97 Å². The number of benzene rings is 3. The number of hydrogen-bond acceptors (Lipinski definition) is 4. The molecule has 5 heteroatoms. The van der Waals surface area contributed by atoms with E-state index in [0.717, 1.165) is 4.47 Å². The summed E-state index contributed by atoms with van der Waals surface area (Å²) in [5.41, 5.74) is 1.09. The second-order valence-corrected chi connectivity index (χ2v) is 6.60. The van der Waals surface area contributed by atoms with Crippen LogP contribution in [0.25, 0.3) is 0 Å². The van der Waals surface area contributed by atoms with Crippen molar-refractivity contribution in [1.29, 1.82) is 0 Å². The monoisotopic (exact) mass is 424 g/mol. The van der Waals surface area contributed by atoms with Crippen molar-refractivity contribution in [1.82, 2.24) is 0 Å². The molecule has 0 atom stereocenters. The van der Waals surface area contributed by atoms with Crippen LogP contribution >= 0.6 is 15.9 Å². The number of hydrogen-bond donors (Lipinski definition) is 0. The Morgan fingerprint density at radius 3 is 2.22 bits per heavy atom. The molecule has 0 amide bonds. The van der Waals surface area contributed by atoms with Crippen molar-refractivity contribution >= 4 is 27.7 Å². The minimum atomic E-state index is -0.548. The van der Waals surface area contributed by atoms with Gasteiger partial charge in [-0.25, -0.2) is 4.79 Å². The SMILES string of the molecule is O=C(OCCOc1cccc(Br)c1)c1ccccc1C(=O)c1ccccc1. The fourth-order valence-corrected chi connectivity index (χ4v) is 2.91. The van der Waals surface area contributed by atoms with E-state index >= 15 is 0 Å². The van der Waals surface area contributed by atoms with Gasteiger partial charge in [-0.05, 0) is 24.3 Å². The standard InChI is InChI=1S/C22H17BrO4/c23-17-9-6-10-18(15-17)26-13-14-27-22(25)20-12-5-4-11-19(20)21(24)16-7-2-1-3-8-16/h1-12,15H,13-14H2. The van der Waals surface area contributed by atoms with E-state index in [-0.39, 0.29) is 24.6 Å². The molecule has 136 valence electrons. The average Bonchev–Trinajstić information content (AvgIpc) is 2.71. The number of ether oxygens (including phenoxy) is 2. The number of carbonyl (C=O) groups excluding carboxylic acids is 2. The summed E-state index contributed by atoms with van der Waals surface area (Å²) >= 11 is 3.37. The van der Waals surface area contributed by atoms with E-state index < -0.39 is 5.97 Å². The Balaban J connectivity index is 1.62. The maximum absolute atomic E-state index is 12.7. The van der Waals surface area contributed by atoms with Gasteiger partial charge < -0.3 is 9.47 Å². The van der Waals surface area contributed by atoms with Gasteiger partial charge in [0.05, 0.1) is 5.56 Å². The van der Waals surface area contributed by atoms with Crippen molar-refractivity contribution in [2.24, 2.45) is 0 Å². The Kier molecular flexibility index (Phi) is 6.39. The zero-order valence-corrected chi connectivity index (χ0v) is 16.0. The Morgan fingerprint density at radius 1 is 0.778 bits per heavy atom. The lowest BCUT2D eigenvalue weighted by Gasteiger charge is -2.10. The molecule has 4 nitrogen and oxygen atoms in total. The van der Waals surface area contributed by atoms with Crippen molar-refractivity contribution in [3.63, 3.8) is 0 Å². The predicted octanol–water partition coefficient (Wildman–Crippen LogP) is 4.92. The minimum Gasteiger partial charge on any atom is -0.490 e. The van der Waals surface area contributed by atoms with Crippen LogP contribution < -0.4 is 4.74 Å². The molecule has 0 heterocycles. The highest BCUT2D eigenvalue weighted by Gasteiger charge is 2.18. The molecule has 3 aromatic rings. The molecule has 0 saturated heterocycles. The first-order valence-corrected chi connectivity index (χ1v) is 9.19. The van der Waals surface area contributed by atoms with Gasteiger partial charge in [-0.1, -0.05) is 70.5 Å². The lowest BCUT2D eigenvalue weighted by atomic mass is 9.98. The molecular weight excluding hydrogens is 408 g/mol. The molecule has 0 bridgehead atoms. The van der Waals surface area contributed by atoms with E-state index in [1.54, 1.807) is 48.5 Å². The summed E-state index contributed by atoms with van der Waals surface area (Å²) in [7, 11) is 0. The van der Waals surface area contributed by atoms with Gasteiger partial charge in [0.25, 0.3) is 0 Å². The van der Waals surface area contributed by atoms with Gasteiger partial charge in [0.15, 0.2) is 5.78 Å². The number of carbonyl (C=O) groups is 2. The van der Waals surface area contributed by atoms with Crippen LogP contribution in [0.15, 0.2) is 83.3 Å². The summed E-state index contributed by atoms with van der Waals surface area (Å²) in [4.78, 5) is 25.1. The van der Waals surface area contributed by atoms with Gasteiger partial charge in [0, 0.05) is 15.6 Å². The smallest absolute Gasteiger partial charge is 0.339 e. The van der Waals surface area contributed by atoms with Gasteiger partial charge in [-0.3, -0.25) is 4.79 Å². The van der Waals surface area contributed by atoms with Gasteiger partial charge in [-0.2, -0.15) is 0 Å². The summed E-state index contributed by atoms with van der Waals surface area (Å²) in [5.74, 6) is -0.0821. The largest absolute Gasteiger partial charge is 0.490 e. The zero-order valence-electron chi connectivity index (χ0n) is 14.4. The summed E-state index contributed by atoms with van der Waals surface area (Å²) in [5, 5.41) is 0. The van der Waals surface area contributed by atoms with Crippen molar-refractivity contribution in [2.75, 3.05) is 13.2 Å². The molecule has 0 aliphatic rings. The molecule has 0 fully saturated rings. The lowest BCUT2D eigenvalue weighted by Crippen LogP contribution is -2.16. The highest BCUT2D eigenvalue weighted by atomic mass is 79.9. The third-order valence-electron chi connectivity index (χ3n) is 3.81. The van der Waals surface area contributed by atoms with Crippen molar-refractivity contribution in [2.45, 2.75) is 0 Å². The van der Waals surface area contributed by atoms with Gasteiger partial charge in [0.2, 0.25) is 0 Å². The quantitative estimate of drug-likeness (QED) is 0.307. The third kappa shape index (κ3) is 5.05. The number of halogens is 1. The third-order valence-corrected chi connectivity index (χ3v) is 4.30. The molecule has 27 heavy (non-hydrogen) atoms. The molecule has 0 N–H and O–H groups in total. The number of ketones is 1. The fourth-order valence-electron chi connectivity index (χ4n) is 2.53. The van der Waals surface area contributed by atoms with Crippen LogP contribution in [0.2, 0.25) is 0 Å². The molecule has 3 rings (SSSR count). The topological polar surface area (TPSA) is 52.6 Å². The van der Waals surface area contributed by atoms with Crippen LogP contribution in [-0.4, -0.2) is 25.0 Å². The summed E-state index contributed by atoms with van der Waals surface area (Å²) in [6.07, 6.45) is 0. The maximum Gasteiger partial charge on any atom is 0.339 e. The molecule has 0 spiro atoms. The first-order valence-electron chi connectivity index (χ1n) is 8.39. The second kappa shape index (κ2) is 9.14. The zero-order chi connectivity index (χ0) is 19.1. The highest BCUT2D eigenvalue weighted by molar-refractivity contribution is 9.10. The average molecular weight is 425 g/mol. The van der Waals surface area contributed by atoms with E-state index in [9.17, 15) is 9.59 Å². The Morgan fingerprint density at radius 2 is 1.48 bits per heavy atom. The maximum atomic E-state index is 12.7. The summed E-state index contributed by atoms with van der Waals surface area (Å²) in [6, 6.07) is 22.9. The molecule has 0 aliphatic heterocycles. The van der Waals surface area contributed by atoms with Crippen LogP contribution in [-0.2, 0) is 4.74 Å². The van der Waals surface area contributed by atoms with Gasteiger partial charge in [-0.15, -0.1) is 0 Å². The highest BCUT2D eigenvalue weighted by Crippen LogP contribution is 2.18. The second-order valence-electron chi connectivity index (χ2n) is 5.68. The molecule has 0 aromatic heterocycles. The van der Waals surface area contributed by atoms with E-state index in [0.29, 0.717) is 16.9 Å². The Labute approximate surface area is 165 Å². The van der Waals surface area contributed by atoms with Crippen molar-refractivity contribution in [3.8, 4) is 5.75 Å².